The summed E-state index contributed by atoms with van der Waals surface area (Å²) in [7, 11) is 0. The van der Waals surface area contributed by atoms with Crippen LogP contribution in [-0.2, 0) is 11.0 Å². The summed E-state index contributed by atoms with van der Waals surface area (Å²) in [6, 6.07) is 20.8. The minimum atomic E-state index is -4.52. The van der Waals surface area contributed by atoms with E-state index in [1.165, 1.54) is 18.2 Å². The number of halogens is 3. The van der Waals surface area contributed by atoms with Crippen LogP contribution >= 0.6 is 11.8 Å². The van der Waals surface area contributed by atoms with Gasteiger partial charge in [0.1, 0.15) is 0 Å². The summed E-state index contributed by atoms with van der Waals surface area (Å²) in [6.07, 6.45) is -4.47. The molecule has 0 aliphatic carbocycles. The number of benzene rings is 3. The predicted octanol–water partition coefficient (Wildman–Crippen LogP) is 6.34. The highest BCUT2D eigenvalue weighted by Crippen LogP contribution is 2.47. The molecule has 1 heterocycles. The maximum atomic E-state index is 13.1. The Morgan fingerprint density at radius 1 is 0.862 bits per heavy atom. The van der Waals surface area contributed by atoms with Gasteiger partial charge >= 0.3 is 6.18 Å². The average Bonchev–Trinajstić information content (AvgIpc) is 2.70. The molecule has 0 fully saturated rings. The van der Waals surface area contributed by atoms with Gasteiger partial charge in [0.25, 0.3) is 0 Å². The lowest BCUT2D eigenvalue weighted by molar-refractivity contribution is -0.137. The summed E-state index contributed by atoms with van der Waals surface area (Å²) < 4.78 is 39.4. The third kappa shape index (κ3) is 4.10. The molecular weight excluding hydrogens is 397 g/mol. The van der Waals surface area contributed by atoms with Gasteiger partial charge in [0, 0.05) is 22.8 Å². The number of para-hydroxylation sites is 3. The van der Waals surface area contributed by atoms with Gasteiger partial charge in [0.15, 0.2) is 0 Å². The largest absolute Gasteiger partial charge is 0.418 e. The van der Waals surface area contributed by atoms with Crippen LogP contribution in [0.15, 0.2) is 82.6 Å². The number of carbonyl (C=O) groups excluding carboxylic acids is 1. The Hall–Kier alpha value is -2.93. The van der Waals surface area contributed by atoms with Crippen LogP contribution < -0.4 is 10.2 Å². The van der Waals surface area contributed by atoms with Crippen molar-refractivity contribution < 1.29 is 18.0 Å². The molecular formula is C22H17F3N2OS. The molecule has 148 valence electrons. The van der Waals surface area contributed by atoms with Crippen molar-refractivity contribution in [2.75, 3.05) is 16.8 Å². The number of hydrogen-bond donors (Lipinski definition) is 1. The number of amides is 1. The summed E-state index contributed by atoms with van der Waals surface area (Å²) in [5.74, 6) is -0.463. The van der Waals surface area contributed by atoms with Gasteiger partial charge in [-0.1, -0.05) is 48.2 Å². The van der Waals surface area contributed by atoms with Crippen LogP contribution in [0.4, 0.5) is 30.2 Å². The van der Waals surface area contributed by atoms with Gasteiger partial charge in [-0.25, -0.2) is 0 Å². The van der Waals surface area contributed by atoms with E-state index in [0.29, 0.717) is 6.54 Å². The van der Waals surface area contributed by atoms with Crippen molar-refractivity contribution in [2.45, 2.75) is 22.4 Å². The summed E-state index contributed by atoms with van der Waals surface area (Å²) in [6.45, 7) is 0.356. The molecule has 0 unspecified atom stereocenters. The molecule has 0 spiro atoms. The van der Waals surface area contributed by atoms with E-state index < -0.39 is 17.6 Å². The van der Waals surface area contributed by atoms with E-state index in [9.17, 15) is 18.0 Å². The zero-order valence-corrected chi connectivity index (χ0v) is 16.1. The first kappa shape index (κ1) is 19.4. The fraction of sp³-hybridized carbons (Fsp3) is 0.136. The maximum Gasteiger partial charge on any atom is 0.418 e. The molecule has 1 aliphatic heterocycles. The first-order valence-electron chi connectivity index (χ1n) is 9.03. The van der Waals surface area contributed by atoms with Crippen molar-refractivity contribution in [3.63, 3.8) is 0 Å². The van der Waals surface area contributed by atoms with Crippen molar-refractivity contribution >= 4 is 34.7 Å². The molecule has 1 amide bonds. The summed E-state index contributed by atoms with van der Waals surface area (Å²) >= 11 is 1.66. The average molecular weight is 414 g/mol. The molecule has 29 heavy (non-hydrogen) atoms. The Morgan fingerprint density at radius 3 is 2.03 bits per heavy atom. The monoisotopic (exact) mass is 414 g/mol. The predicted molar refractivity (Wildman–Crippen MR) is 109 cm³/mol. The number of rotatable bonds is 4. The Bertz CT molecular complexity index is 1010. The number of hydrogen-bond acceptors (Lipinski definition) is 3. The molecule has 7 heteroatoms. The van der Waals surface area contributed by atoms with Gasteiger partial charge in [0.2, 0.25) is 5.91 Å². The van der Waals surface area contributed by atoms with Crippen molar-refractivity contribution in [2.24, 2.45) is 0 Å². The molecule has 3 aromatic rings. The lowest BCUT2D eigenvalue weighted by atomic mass is 10.1. The molecule has 0 radical (unpaired) electrons. The van der Waals surface area contributed by atoms with Gasteiger partial charge in [-0.2, -0.15) is 13.2 Å². The number of carbonyl (C=O) groups is 1. The van der Waals surface area contributed by atoms with Gasteiger partial charge < -0.3 is 10.2 Å². The molecule has 0 atom stereocenters. The second-order valence-corrected chi connectivity index (χ2v) is 7.61. The highest BCUT2D eigenvalue weighted by molar-refractivity contribution is 7.99. The smallest absolute Gasteiger partial charge is 0.339 e. The molecule has 1 N–H and O–H groups in total. The van der Waals surface area contributed by atoms with Crippen molar-refractivity contribution in [1.82, 2.24) is 0 Å². The van der Waals surface area contributed by atoms with Gasteiger partial charge in [-0.3, -0.25) is 4.79 Å². The van der Waals surface area contributed by atoms with Crippen LogP contribution in [0.5, 0.6) is 0 Å². The first-order valence-corrected chi connectivity index (χ1v) is 9.84. The number of anilines is 3. The second-order valence-electron chi connectivity index (χ2n) is 6.53. The number of alkyl halides is 3. The third-order valence-corrected chi connectivity index (χ3v) is 5.73. The van der Waals surface area contributed by atoms with Crippen molar-refractivity contribution in [3.05, 3.63) is 78.4 Å². The Kier molecular flexibility index (Phi) is 5.24. The third-order valence-electron chi connectivity index (χ3n) is 4.60. The lowest BCUT2D eigenvalue weighted by Gasteiger charge is -2.32. The van der Waals surface area contributed by atoms with E-state index >= 15 is 0 Å². The molecule has 4 rings (SSSR count). The molecule has 0 saturated heterocycles. The topological polar surface area (TPSA) is 32.3 Å². The number of fused-ring (bicyclic) bond motifs is 2. The van der Waals surface area contributed by atoms with Gasteiger partial charge in [-0.15, -0.1) is 0 Å². The van der Waals surface area contributed by atoms with Gasteiger partial charge in [-0.05, 0) is 36.4 Å². The lowest BCUT2D eigenvalue weighted by Crippen LogP contribution is -2.26. The van der Waals surface area contributed by atoms with E-state index in [4.69, 9.17) is 0 Å². The highest BCUT2D eigenvalue weighted by Gasteiger charge is 2.33. The van der Waals surface area contributed by atoms with Crippen LogP contribution in [0.1, 0.15) is 12.0 Å². The molecule has 0 bridgehead atoms. The van der Waals surface area contributed by atoms with Crippen LogP contribution in [0.25, 0.3) is 0 Å². The van der Waals surface area contributed by atoms with E-state index in [1.807, 2.05) is 53.4 Å². The molecule has 1 aliphatic rings. The summed E-state index contributed by atoms with van der Waals surface area (Å²) in [4.78, 5) is 16.6. The minimum absolute atomic E-state index is 0.0551. The minimum Gasteiger partial charge on any atom is -0.339 e. The molecule has 3 aromatic carbocycles. The van der Waals surface area contributed by atoms with Crippen LogP contribution in [0.3, 0.4) is 0 Å². The summed E-state index contributed by atoms with van der Waals surface area (Å²) in [5, 5.41) is 2.41. The zero-order valence-electron chi connectivity index (χ0n) is 15.2. The number of nitrogens with zero attached hydrogens (tertiary/aromatic N) is 1. The van der Waals surface area contributed by atoms with E-state index in [-0.39, 0.29) is 12.1 Å². The van der Waals surface area contributed by atoms with Crippen molar-refractivity contribution in [3.8, 4) is 0 Å². The zero-order chi connectivity index (χ0) is 20.4. The van der Waals surface area contributed by atoms with E-state index in [0.717, 1.165) is 27.2 Å². The molecule has 0 saturated carbocycles. The Labute approximate surface area is 170 Å². The normalized spacial score (nSPS) is 12.9. The molecule has 0 aromatic heterocycles. The van der Waals surface area contributed by atoms with E-state index in [2.05, 4.69) is 5.32 Å². The fourth-order valence-corrected chi connectivity index (χ4v) is 4.38. The van der Waals surface area contributed by atoms with E-state index in [1.54, 1.807) is 11.8 Å². The highest BCUT2D eigenvalue weighted by atomic mass is 32.2. The quantitative estimate of drug-likeness (QED) is 0.541. The Morgan fingerprint density at radius 2 is 1.41 bits per heavy atom. The summed E-state index contributed by atoms with van der Waals surface area (Å²) in [5.41, 5.74) is 0.901. The van der Waals surface area contributed by atoms with Crippen LogP contribution in [0.2, 0.25) is 0 Å². The standard InChI is InChI=1S/C22H17F3N2OS/c23-22(24,25)15-7-1-2-8-16(15)26-21(28)13-14-27-17-9-3-5-11-19(17)29-20-12-6-4-10-18(20)27/h1-12H,13-14H2,(H,26,28). The van der Waals surface area contributed by atoms with Crippen molar-refractivity contribution in [1.29, 1.82) is 0 Å². The first-order chi connectivity index (χ1) is 13.9. The molecule has 3 nitrogen and oxygen atoms in total. The maximum absolute atomic E-state index is 13.1. The number of nitrogens with one attached hydrogen (secondary N) is 1. The SMILES string of the molecule is O=C(CCN1c2ccccc2Sc2ccccc21)Nc1ccccc1C(F)(F)F. The Balaban J connectivity index is 1.53. The van der Waals surface area contributed by atoms with Gasteiger partial charge in [0.05, 0.1) is 22.6 Å². The van der Waals surface area contributed by atoms with Crippen LogP contribution in [-0.4, -0.2) is 12.5 Å². The fourth-order valence-electron chi connectivity index (χ4n) is 3.29. The van der Waals surface area contributed by atoms with Crippen LogP contribution in [0, 0.1) is 0 Å². The second kappa shape index (κ2) is 7.83.